The van der Waals surface area contributed by atoms with Gasteiger partial charge in [0.2, 0.25) is 5.78 Å². The van der Waals surface area contributed by atoms with Crippen LogP contribution in [0.25, 0.3) is 0 Å². The molecule has 0 aromatic heterocycles. The minimum Gasteiger partial charge on any atom is -0.507 e. The Morgan fingerprint density at radius 1 is 1.04 bits per heavy atom. The molecule has 2 aliphatic carbocycles. The summed E-state index contributed by atoms with van der Waals surface area (Å²) in [7, 11) is 1.38. The van der Waals surface area contributed by atoms with Crippen molar-refractivity contribution in [3.05, 3.63) is 51.6 Å². The molecular weight excluding hydrogens is 364 g/mol. The molecule has 2 aliphatic rings. The van der Waals surface area contributed by atoms with Gasteiger partial charge in [-0.1, -0.05) is 12.1 Å². The highest BCUT2D eigenvalue weighted by atomic mass is 16.5. The van der Waals surface area contributed by atoms with Gasteiger partial charge in [-0.05, 0) is 25.8 Å². The first-order valence-corrected chi connectivity index (χ1v) is 8.97. The van der Waals surface area contributed by atoms with Crippen LogP contribution in [0, 0.1) is 0 Å². The van der Waals surface area contributed by atoms with Gasteiger partial charge in [-0.15, -0.1) is 0 Å². The molecule has 0 radical (unpaired) electrons. The van der Waals surface area contributed by atoms with Crippen molar-refractivity contribution in [2.75, 3.05) is 7.11 Å². The van der Waals surface area contributed by atoms with E-state index in [2.05, 4.69) is 0 Å². The number of fused-ring (bicyclic) bond motifs is 3. The van der Waals surface area contributed by atoms with Crippen LogP contribution in [0.2, 0.25) is 0 Å². The lowest BCUT2D eigenvalue weighted by molar-refractivity contribution is -0.0748. The molecule has 2 aromatic carbocycles. The quantitative estimate of drug-likeness (QED) is 0.493. The third-order valence-corrected chi connectivity index (χ3v) is 5.90. The molecule has 0 aliphatic heterocycles. The summed E-state index contributed by atoms with van der Waals surface area (Å²) in [4.78, 5) is 26.2. The first kappa shape index (κ1) is 18.5. The molecule has 0 heterocycles. The van der Waals surface area contributed by atoms with E-state index in [9.17, 15) is 30.0 Å². The van der Waals surface area contributed by atoms with E-state index in [1.807, 2.05) is 0 Å². The topological polar surface area (TPSA) is 124 Å². The van der Waals surface area contributed by atoms with Gasteiger partial charge in [-0.25, -0.2) is 0 Å². The third-order valence-electron chi connectivity index (χ3n) is 5.90. The van der Waals surface area contributed by atoms with Crippen molar-refractivity contribution in [3.8, 4) is 17.2 Å². The summed E-state index contributed by atoms with van der Waals surface area (Å²) < 4.78 is 5.20. The van der Waals surface area contributed by atoms with E-state index < -0.39 is 29.0 Å². The first-order chi connectivity index (χ1) is 13.2. The Hall–Kier alpha value is -2.90. The van der Waals surface area contributed by atoms with Crippen molar-refractivity contribution < 1.29 is 34.8 Å². The summed E-state index contributed by atoms with van der Waals surface area (Å²) in [6.07, 6.45) is -0.922. The number of methoxy groups -OCH3 is 1. The number of aromatic hydroxyl groups is 2. The fourth-order valence-electron chi connectivity index (χ4n) is 4.20. The molecule has 0 amide bonds. The van der Waals surface area contributed by atoms with Crippen LogP contribution >= 0.6 is 0 Å². The number of hydrogen-bond acceptors (Lipinski definition) is 7. The fourth-order valence-corrected chi connectivity index (χ4v) is 4.20. The lowest BCUT2D eigenvalue weighted by Gasteiger charge is -2.37. The zero-order valence-corrected chi connectivity index (χ0v) is 15.4. The Labute approximate surface area is 160 Å². The van der Waals surface area contributed by atoms with E-state index in [1.165, 1.54) is 20.1 Å². The molecule has 28 heavy (non-hydrogen) atoms. The summed E-state index contributed by atoms with van der Waals surface area (Å²) in [5.74, 6) is -1.81. The molecule has 0 saturated heterocycles. The number of ketones is 2. The Morgan fingerprint density at radius 3 is 2.32 bits per heavy atom. The number of aliphatic hydroxyl groups is 2. The number of carbonyl (C=O) groups is 2. The van der Waals surface area contributed by atoms with Crippen molar-refractivity contribution in [1.29, 1.82) is 0 Å². The predicted molar refractivity (Wildman–Crippen MR) is 98.3 cm³/mol. The molecule has 7 heteroatoms. The zero-order chi connectivity index (χ0) is 20.4. The second-order valence-electron chi connectivity index (χ2n) is 7.40. The normalized spacial score (nSPS) is 21.6. The molecule has 7 nitrogen and oxygen atoms in total. The number of phenolic OH excluding ortho intramolecular Hbond substituents is 2. The maximum Gasteiger partial charge on any atom is 0.202 e. The van der Waals surface area contributed by atoms with Crippen LogP contribution in [0.5, 0.6) is 17.2 Å². The van der Waals surface area contributed by atoms with Crippen molar-refractivity contribution in [2.45, 2.75) is 37.9 Å². The summed E-state index contributed by atoms with van der Waals surface area (Å²) in [5.41, 5.74) is -1.41. The second kappa shape index (κ2) is 6.05. The highest BCUT2D eigenvalue weighted by molar-refractivity contribution is 6.31. The van der Waals surface area contributed by atoms with E-state index in [0.717, 1.165) is 0 Å². The SMILES string of the molecule is COc1cccc2c1C(=O)c1c(O)c3c(c(O)c1C2=O)C[C@@](O)(C(C)O)CC3. The van der Waals surface area contributed by atoms with Gasteiger partial charge in [-0.2, -0.15) is 0 Å². The molecular formula is C21H20O7. The molecule has 0 fully saturated rings. The van der Waals surface area contributed by atoms with Crippen molar-refractivity contribution in [2.24, 2.45) is 0 Å². The maximum atomic E-state index is 13.1. The van der Waals surface area contributed by atoms with Crippen LogP contribution in [0.15, 0.2) is 18.2 Å². The Kier molecular flexibility index (Phi) is 3.99. The van der Waals surface area contributed by atoms with Crippen LogP contribution < -0.4 is 4.74 Å². The monoisotopic (exact) mass is 384 g/mol. The maximum absolute atomic E-state index is 13.1. The van der Waals surface area contributed by atoms with Gasteiger partial charge >= 0.3 is 0 Å². The second-order valence-corrected chi connectivity index (χ2v) is 7.40. The van der Waals surface area contributed by atoms with Crippen LogP contribution in [0.3, 0.4) is 0 Å². The highest BCUT2D eigenvalue weighted by Crippen LogP contribution is 2.48. The van der Waals surface area contributed by atoms with E-state index >= 15 is 0 Å². The van der Waals surface area contributed by atoms with Crippen LogP contribution in [0.1, 0.15) is 56.3 Å². The molecule has 0 bridgehead atoms. The Morgan fingerprint density at radius 2 is 1.68 bits per heavy atom. The number of ether oxygens (including phenoxy) is 1. The Bertz CT molecular complexity index is 1040. The molecule has 2 aromatic rings. The Balaban J connectivity index is 1.99. The van der Waals surface area contributed by atoms with Crippen LogP contribution in [-0.4, -0.2) is 50.8 Å². The van der Waals surface area contributed by atoms with E-state index in [4.69, 9.17) is 4.74 Å². The third kappa shape index (κ3) is 2.30. The van der Waals surface area contributed by atoms with Crippen molar-refractivity contribution >= 4 is 11.6 Å². The largest absolute Gasteiger partial charge is 0.507 e. The minimum atomic E-state index is -1.49. The molecule has 146 valence electrons. The highest BCUT2D eigenvalue weighted by Gasteiger charge is 2.44. The molecule has 0 spiro atoms. The van der Waals surface area contributed by atoms with Gasteiger partial charge in [0.05, 0.1) is 35.5 Å². The molecule has 1 unspecified atom stereocenters. The number of rotatable bonds is 2. The minimum absolute atomic E-state index is 0.0495. The van der Waals surface area contributed by atoms with E-state index in [0.29, 0.717) is 5.56 Å². The van der Waals surface area contributed by atoms with Gasteiger partial charge in [0.1, 0.15) is 17.2 Å². The lowest BCUT2D eigenvalue weighted by atomic mass is 9.73. The fraction of sp³-hybridized carbons (Fsp3) is 0.333. The van der Waals surface area contributed by atoms with Crippen molar-refractivity contribution in [3.63, 3.8) is 0 Å². The van der Waals surface area contributed by atoms with Crippen LogP contribution in [0.4, 0.5) is 0 Å². The number of aliphatic hydroxyl groups excluding tert-OH is 1. The molecule has 0 saturated carbocycles. The van der Waals surface area contributed by atoms with Crippen LogP contribution in [-0.2, 0) is 12.8 Å². The molecule has 2 atom stereocenters. The first-order valence-electron chi connectivity index (χ1n) is 8.97. The summed E-state index contributed by atoms with van der Waals surface area (Å²) in [6.45, 7) is 1.44. The van der Waals surface area contributed by atoms with Gasteiger partial charge in [0, 0.05) is 23.1 Å². The number of phenols is 2. The summed E-state index contributed by atoms with van der Waals surface area (Å²) in [6, 6.07) is 4.57. The van der Waals surface area contributed by atoms with E-state index in [-0.39, 0.29) is 58.6 Å². The molecule has 4 rings (SSSR count). The van der Waals surface area contributed by atoms with E-state index in [1.54, 1.807) is 12.1 Å². The van der Waals surface area contributed by atoms with Gasteiger partial charge in [0.25, 0.3) is 0 Å². The van der Waals surface area contributed by atoms with Gasteiger partial charge in [-0.3, -0.25) is 9.59 Å². The standard InChI is InChI=1S/C21H20O7/c1-9(22)21(27)7-6-10-12(8-21)19(25)15-16(17(10)23)20(26)14-11(18(15)24)4-3-5-13(14)28-2/h3-5,9,22-23,25,27H,6-8H2,1-2H3/t9?,21-/m1/s1. The number of carbonyl (C=O) groups excluding carboxylic acids is 2. The zero-order valence-electron chi connectivity index (χ0n) is 15.4. The number of benzene rings is 2. The summed E-state index contributed by atoms with van der Waals surface area (Å²) in [5, 5.41) is 42.2. The average Bonchev–Trinajstić information content (AvgIpc) is 2.68. The predicted octanol–water partition coefficient (Wildman–Crippen LogP) is 1.48. The van der Waals surface area contributed by atoms with Crippen molar-refractivity contribution in [1.82, 2.24) is 0 Å². The average molecular weight is 384 g/mol. The number of hydrogen-bond donors (Lipinski definition) is 4. The lowest BCUT2D eigenvalue weighted by Crippen LogP contribution is -2.45. The van der Waals surface area contributed by atoms with Gasteiger partial charge in [0.15, 0.2) is 5.78 Å². The van der Waals surface area contributed by atoms with Gasteiger partial charge < -0.3 is 25.2 Å². The summed E-state index contributed by atoms with van der Waals surface area (Å²) >= 11 is 0. The molecule has 4 N–H and O–H groups in total. The smallest absolute Gasteiger partial charge is 0.202 e.